The number of hydrogen-bond acceptors (Lipinski definition) is 2. The van der Waals surface area contributed by atoms with Crippen molar-refractivity contribution in [2.75, 3.05) is 0 Å². The van der Waals surface area contributed by atoms with Crippen LogP contribution in [0, 0.1) is 34.6 Å². The molecule has 0 aliphatic rings. The maximum absolute atomic E-state index is 13.2. The second-order valence-electron chi connectivity index (χ2n) is 3.24. The van der Waals surface area contributed by atoms with Crippen molar-refractivity contribution in [1.82, 2.24) is 0 Å². The van der Waals surface area contributed by atoms with Crippen LogP contribution in [-0.4, -0.2) is 6.10 Å². The maximum Gasteiger partial charge on any atom is 0.205 e. The number of hydrogen-bond donors (Lipinski definition) is 0. The first-order valence-electron chi connectivity index (χ1n) is 4.32. The molecule has 0 spiro atoms. The molecular weight excluding hydrogens is 226 g/mol. The molecule has 0 heterocycles. The summed E-state index contributed by atoms with van der Waals surface area (Å²) in [5, 5.41) is 8.53. The molecule has 0 aliphatic heterocycles. The van der Waals surface area contributed by atoms with Crippen molar-refractivity contribution in [3.05, 3.63) is 28.8 Å². The fraction of sp³-hybridized carbons (Fsp3) is 0.300. The minimum atomic E-state index is -2.02. The van der Waals surface area contributed by atoms with Crippen molar-refractivity contribution in [3.8, 4) is 11.8 Å². The molecule has 0 radical (unpaired) electrons. The molecule has 0 amide bonds. The Morgan fingerprint density at radius 2 is 1.50 bits per heavy atom. The summed E-state index contributed by atoms with van der Waals surface area (Å²) in [4.78, 5) is 0. The summed E-state index contributed by atoms with van der Waals surface area (Å²) in [6.45, 7) is 2.94. The van der Waals surface area contributed by atoms with Gasteiger partial charge in [0, 0.05) is 0 Å². The molecule has 6 heteroatoms. The molecule has 1 aromatic rings. The predicted molar refractivity (Wildman–Crippen MR) is 46.8 cm³/mol. The maximum atomic E-state index is 13.2. The second kappa shape index (κ2) is 4.39. The van der Waals surface area contributed by atoms with Gasteiger partial charge in [-0.05, 0) is 13.8 Å². The third-order valence-corrected chi connectivity index (χ3v) is 1.69. The Hall–Kier alpha value is -1.77. The Morgan fingerprint density at radius 1 is 1.00 bits per heavy atom. The Labute approximate surface area is 89.1 Å². The summed E-state index contributed by atoms with van der Waals surface area (Å²) < 4.78 is 56.6. The number of ether oxygens (including phenoxy) is 1. The van der Waals surface area contributed by atoms with Gasteiger partial charge in [-0.25, -0.2) is 13.2 Å². The van der Waals surface area contributed by atoms with Crippen LogP contribution in [0.4, 0.5) is 17.6 Å². The van der Waals surface area contributed by atoms with Crippen molar-refractivity contribution >= 4 is 0 Å². The van der Waals surface area contributed by atoms with Gasteiger partial charge < -0.3 is 4.74 Å². The third kappa shape index (κ3) is 1.94. The number of benzene rings is 1. The van der Waals surface area contributed by atoms with Crippen LogP contribution >= 0.6 is 0 Å². The highest BCUT2D eigenvalue weighted by Crippen LogP contribution is 2.30. The molecule has 16 heavy (non-hydrogen) atoms. The molecule has 0 atom stereocenters. The SMILES string of the molecule is CC(C)Oc1c(F)c(F)c(F)c(F)c1C#N. The largest absolute Gasteiger partial charge is 0.486 e. The summed E-state index contributed by atoms with van der Waals surface area (Å²) in [7, 11) is 0. The quantitative estimate of drug-likeness (QED) is 0.447. The zero-order chi connectivity index (χ0) is 12.5. The van der Waals surface area contributed by atoms with Crippen LogP contribution in [0.2, 0.25) is 0 Å². The molecule has 1 rings (SSSR count). The zero-order valence-electron chi connectivity index (χ0n) is 8.44. The average Bonchev–Trinajstić information content (AvgIpc) is 2.23. The van der Waals surface area contributed by atoms with Gasteiger partial charge >= 0.3 is 0 Å². The fourth-order valence-corrected chi connectivity index (χ4v) is 1.06. The van der Waals surface area contributed by atoms with E-state index in [2.05, 4.69) is 0 Å². The van der Waals surface area contributed by atoms with Gasteiger partial charge in [-0.15, -0.1) is 0 Å². The van der Waals surface area contributed by atoms with E-state index in [9.17, 15) is 17.6 Å². The molecule has 0 saturated heterocycles. The van der Waals surface area contributed by atoms with Gasteiger partial charge in [-0.2, -0.15) is 9.65 Å². The topological polar surface area (TPSA) is 33.0 Å². The molecule has 1 aromatic carbocycles. The normalized spacial score (nSPS) is 10.4. The lowest BCUT2D eigenvalue weighted by Gasteiger charge is -2.13. The number of rotatable bonds is 2. The highest BCUT2D eigenvalue weighted by Gasteiger charge is 2.27. The number of halogens is 4. The average molecular weight is 233 g/mol. The minimum absolute atomic E-state index is 0.606. The van der Waals surface area contributed by atoms with Crippen LogP contribution in [0.15, 0.2) is 0 Å². The van der Waals surface area contributed by atoms with Crippen LogP contribution in [0.1, 0.15) is 19.4 Å². The predicted octanol–water partition coefficient (Wildman–Crippen LogP) is 2.90. The van der Waals surface area contributed by atoms with Gasteiger partial charge in [-0.1, -0.05) is 0 Å². The van der Waals surface area contributed by atoms with E-state index in [1.54, 1.807) is 0 Å². The first kappa shape index (κ1) is 12.3. The monoisotopic (exact) mass is 233 g/mol. The first-order valence-corrected chi connectivity index (χ1v) is 4.32. The Balaban J connectivity index is 3.53. The molecular formula is C10H7F4NO. The van der Waals surface area contributed by atoms with E-state index in [0.29, 0.717) is 0 Å². The summed E-state index contributed by atoms with van der Waals surface area (Å²) in [5.74, 6) is -8.38. The van der Waals surface area contributed by atoms with Gasteiger partial charge in [-0.3, -0.25) is 0 Å². The molecule has 2 nitrogen and oxygen atoms in total. The van der Waals surface area contributed by atoms with E-state index >= 15 is 0 Å². The van der Waals surface area contributed by atoms with Crippen molar-refractivity contribution in [3.63, 3.8) is 0 Å². The molecule has 86 valence electrons. The Morgan fingerprint density at radius 3 is 1.94 bits per heavy atom. The van der Waals surface area contributed by atoms with Gasteiger partial charge in [0.15, 0.2) is 17.4 Å². The Kier molecular flexibility index (Phi) is 3.38. The highest BCUT2D eigenvalue weighted by molar-refractivity contribution is 5.46. The molecule has 0 N–H and O–H groups in total. The van der Waals surface area contributed by atoms with Crippen molar-refractivity contribution < 1.29 is 22.3 Å². The number of nitriles is 1. The van der Waals surface area contributed by atoms with E-state index in [1.807, 2.05) is 0 Å². The molecule has 0 bridgehead atoms. The van der Waals surface area contributed by atoms with Crippen LogP contribution < -0.4 is 4.74 Å². The van der Waals surface area contributed by atoms with Crippen LogP contribution in [0.25, 0.3) is 0 Å². The highest BCUT2D eigenvalue weighted by atomic mass is 19.2. The van der Waals surface area contributed by atoms with Gasteiger partial charge in [0.1, 0.15) is 11.6 Å². The van der Waals surface area contributed by atoms with E-state index in [4.69, 9.17) is 10.00 Å². The smallest absolute Gasteiger partial charge is 0.205 e. The first-order chi connectivity index (χ1) is 7.40. The lowest BCUT2D eigenvalue weighted by Crippen LogP contribution is -2.12. The standard InChI is InChI=1S/C10H7F4NO/c1-4(2)16-10-5(3-15)6(11)7(12)8(13)9(10)14/h4H,1-2H3. The van der Waals surface area contributed by atoms with Crippen molar-refractivity contribution in [1.29, 1.82) is 5.26 Å². The summed E-state index contributed by atoms with van der Waals surface area (Å²) in [6, 6.07) is 1.23. The van der Waals surface area contributed by atoms with Crippen molar-refractivity contribution in [2.24, 2.45) is 0 Å². The minimum Gasteiger partial charge on any atom is -0.486 e. The van der Waals surface area contributed by atoms with Crippen LogP contribution in [0.3, 0.4) is 0 Å². The van der Waals surface area contributed by atoms with E-state index in [1.165, 1.54) is 19.9 Å². The molecule has 0 saturated carbocycles. The fourth-order valence-electron chi connectivity index (χ4n) is 1.06. The molecule has 0 aromatic heterocycles. The van der Waals surface area contributed by atoms with Crippen molar-refractivity contribution in [2.45, 2.75) is 20.0 Å². The van der Waals surface area contributed by atoms with Crippen LogP contribution in [0.5, 0.6) is 5.75 Å². The Bertz CT molecular complexity index is 465. The molecule has 0 aliphatic carbocycles. The lowest BCUT2D eigenvalue weighted by molar-refractivity contribution is 0.222. The van der Waals surface area contributed by atoms with Gasteiger partial charge in [0.05, 0.1) is 6.10 Å². The number of nitrogens with zero attached hydrogens (tertiary/aromatic N) is 1. The van der Waals surface area contributed by atoms with Gasteiger partial charge in [0.25, 0.3) is 0 Å². The zero-order valence-corrected chi connectivity index (χ0v) is 8.44. The molecule has 0 unspecified atom stereocenters. The third-order valence-electron chi connectivity index (χ3n) is 1.69. The summed E-state index contributed by atoms with van der Waals surface area (Å²) in [5.41, 5.74) is -0.981. The van der Waals surface area contributed by atoms with Crippen LogP contribution in [-0.2, 0) is 0 Å². The van der Waals surface area contributed by atoms with Gasteiger partial charge in [0.2, 0.25) is 11.6 Å². The molecule has 0 fully saturated rings. The summed E-state index contributed by atoms with van der Waals surface area (Å²) in [6.07, 6.45) is -0.606. The summed E-state index contributed by atoms with van der Waals surface area (Å²) >= 11 is 0. The second-order valence-corrected chi connectivity index (χ2v) is 3.24. The van der Waals surface area contributed by atoms with E-state index < -0.39 is 40.7 Å². The lowest BCUT2D eigenvalue weighted by atomic mass is 10.1. The van der Waals surface area contributed by atoms with E-state index in [-0.39, 0.29) is 0 Å². The van der Waals surface area contributed by atoms with E-state index in [0.717, 1.165) is 0 Å².